The van der Waals surface area contributed by atoms with Gasteiger partial charge in [-0.05, 0) is 0 Å². The summed E-state index contributed by atoms with van der Waals surface area (Å²) < 4.78 is 14.6. The highest BCUT2D eigenvalue weighted by molar-refractivity contribution is 9.06. The number of rotatable bonds is 8. The summed E-state index contributed by atoms with van der Waals surface area (Å²) in [6.45, 7) is 2.57. The van der Waals surface area contributed by atoms with E-state index in [4.69, 9.17) is 14.6 Å². The molecule has 0 heterocycles. The van der Waals surface area contributed by atoms with Crippen molar-refractivity contribution < 1.29 is 18.4 Å². The fourth-order valence-corrected chi connectivity index (χ4v) is 0.609. The van der Waals surface area contributed by atoms with E-state index in [1.165, 1.54) is 0 Å². The van der Waals surface area contributed by atoms with E-state index < -0.39 is 0 Å². The summed E-state index contributed by atoms with van der Waals surface area (Å²) >= 11 is 2.80. The summed E-state index contributed by atoms with van der Waals surface area (Å²) in [5, 5.41) is 8.31. The third kappa shape index (κ3) is 10.3. The van der Waals surface area contributed by atoms with Crippen molar-refractivity contribution in [2.75, 3.05) is 39.6 Å². The van der Waals surface area contributed by atoms with Crippen LogP contribution in [0.25, 0.3) is 0 Å². The van der Waals surface area contributed by atoms with Crippen LogP contribution in [0.15, 0.2) is 0 Å². The maximum atomic E-state index is 8.31. The second-order valence-electron chi connectivity index (χ2n) is 1.76. The molecule has 0 aromatic rings. The second-order valence-corrected chi connectivity index (χ2v) is 2.22. The fourth-order valence-electron chi connectivity index (χ4n) is 0.477. The van der Waals surface area contributed by atoms with Gasteiger partial charge in [0.15, 0.2) is 0 Å². The van der Waals surface area contributed by atoms with E-state index >= 15 is 0 Å². The Morgan fingerprint density at radius 1 is 0.909 bits per heavy atom. The molecule has 0 aliphatic carbocycles. The average molecular weight is 229 g/mol. The Labute approximate surface area is 74.9 Å². The third-order valence-electron chi connectivity index (χ3n) is 0.912. The number of aliphatic hydroxyl groups excluding tert-OH is 1. The first-order valence-electron chi connectivity index (χ1n) is 3.41. The molecule has 0 spiro atoms. The van der Waals surface area contributed by atoms with Gasteiger partial charge < -0.3 is 18.4 Å². The predicted molar refractivity (Wildman–Crippen MR) is 43.6 cm³/mol. The summed E-state index contributed by atoms with van der Waals surface area (Å²) in [5.41, 5.74) is 0. The van der Waals surface area contributed by atoms with Crippen molar-refractivity contribution in [1.82, 2.24) is 0 Å². The van der Waals surface area contributed by atoms with Crippen LogP contribution in [0, 0.1) is 0 Å². The zero-order valence-electron chi connectivity index (χ0n) is 6.29. The predicted octanol–water partition coefficient (Wildman–Crippen LogP) is 0.338. The number of ether oxygens (including phenoxy) is 2. The van der Waals surface area contributed by atoms with Crippen LogP contribution in [0.3, 0.4) is 0 Å². The molecule has 0 saturated carbocycles. The van der Waals surface area contributed by atoms with Crippen LogP contribution in [0.4, 0.5) is 0 Å². The highest BCUT2D eigenvalue weighted by Crippen LogP contribution is 1.84. The van der Waals surface area contributed by atoms with Crippen LogP contribution >= 0.6 is 16.3 Å². The Hall–Kier alpha value is 0.320. The molecule has 0 saturated heterocycles. The van der Waals surface area contributed by atoms with Crippen LogP contribution in [-0.4, -0.2) is 44.7 Å². The van der Waals surface area contributed by atoms with Gasteiger partial charge in [-0.25, -0.2) is 0 Å². The van der Waals surface area contributed by atoms with E-state index in [0.717, 1.165) is 0 Å². The molecule has 5 heteroatoms. The largest absolute Gasteiger partial charge is 0.394 e. The summed E-state index contributed by atoms with van der Waals surface area (Å²) in [6.07, 6.45) is 0. The molecule has 1 N–H and O–H groups in total. The number of hydrogen-bond acceptors (Lipinski definition) is 4. The van der Waals surface area contributed by atoms with Gasteiger partial charge in [0.2, 0.25) is 0 Å². The van der Waals surface area contributed by atoms with Crippen LogP contribution in [-0.2, 0) is 13.3 Å². The number of halogens is 1. The highest BCUT2D eigenvalue weighted by Gasteiger charge is 1.88. The molecule has 11 heavy (non-hydrogen) atoms. The number of hydrogen-bond donors (Lipinski definition) is 1. The van der Waals surface area contributed by atoms with Crippen molar-refractivity contribution >= 4 is 16.3 Å². The molecule has 0 rings (SSSR count). The molecule has 0 amide bonds. The molecular formula is C6H13BrO4. The van der Waals surface area contributed by atoms with Crippen LogP contribution in [0.1, 0.15) is 0 Å². The first kappa shape index (κ1) is 11.3. The average Bonchev–Trinajstić information content (AvgIpc) is 2.03. The molecule has 0 atom stereocenters. The maximum absolute atomic E-state index is 8.31. The Kier molecular flexibility index (Phi) is 10.6. The van der Waals surface area contributed by atoms with Crippen LogP contribution in [0.5, 0.6) is 0 Å². The fraction of sp³-hybridized carbons (Fsp3) is 1.00. The molecule has 0 fully saturated rings. The van der Waals surface area contributed by atoms with Crippen LogP contribution in [0.2, 0.25) is 0 Å². The van der Waals surface area contributed by atoms with Gasteiger partial charge in [-0.15, -0.1) is 0 Å². The van der Waals surface area contributed by atoms with Gasteiger partial charge in [0, 0.05) is 0 Å². The van der Waals surface area contributed by atoms with Gasteiger partial charge in [0.25, 0.3) is 0 Å². The lowest BCUT2D eigenvalue weighted by Crippen LogP contribution is -2.09. The molecule has 4 nitrogen and oxygen atoms in total. The minimum absolute atomic E-state index is 0.0600. The lowest BCUT2D eigenvalue weighted by atomic mass is 10.7. The van der Waals surface area contributed by atoms with Gasteiger partial charge >= 0.3 is 0 Å². The zero-order chi connectivity index (χ0) is 8.36. The molecule has 0 bridgehead atoms. The minimum Gasteiger partial charge on any atom is -0.394 e. The maximum Gasteiger partial charge on any atom is 0.0988 e. The molecule has 0 aromatic heterocycles. The SMILES string of the molecule is OCCOCCOCCOBr. The minimum atomic E-state index is 0.0600. The van der Waals surface area contributed by atoms with Crippen LogP contribution < -0.4 is 0 Å². The van der Waals surface area contributed by atoms with E-state index in [2.05, 4.69) is 20.1 Å². The van der Waals surface area contributed by atoms with Gasteiger partial charge in [0.05, 0.1) is 55.9 Å². The van der Waals surface area contributed by atoms with Crippen molar-refractivity contribution in [3.8, 4) is 0 Å². The van der Waals surface area contributed by atoms with Gasteiger partial charge in [0.1, 0.15) is 0 Å². The van der Waals surface area contributed by atoms with Crippen molar-refractivity contribution in [2.24, 2.45) is 0 Å². The standard InChI is InChI=1S/C6H13BrO4/c7-11-6-5-10-4-3-9-2-1-8/h8H,1-6H2. The second kappa shape index (κ2) is 10.3. The molecule has 0 aliphatic heterocycles. The molecule has 0 aromatic carbocycles. The molecule has 0 radical (unpaired) electrons. The summed E-state index contributed by atoms with van der Waals surface area (Å²) in [6, 6.07) is 0. The van der Waals surface area contributed by atoms with E-state index in [1.54, 1.807) is 0 Å². The third-order valence-corrected chi connectivity index (χ3v) is 1.24. The van der Waals surface area contributed by atoms with Crippen molar-refractivity contribution in [2.45, 2.75) is 0 Å². The molecule has 68 valence electrons. The smallest absolute Gasteiger partial charge is 0.0988 e. The normalized spacial score (nSPS) is 10.4. The molecule has 0 unspecified atom stereocenters. The van der Waals surface area contributed by atoms with Crippen molar-refractivity contribution in [1.29, 1.82) is 0 Å². The number of aliphatic hydroxyl groups is 1. The monoisotopic (exact) mass is 228 g/mol. The lowest BCUT2D eigenvalue weighted by Gasteiger charge is -2.02. The van der Waals surface area contributed by atoms with E-state index in [0.29, 0.717) is 33.0 Å². The Morgan fingerprint density at radius 3 is 2.00 bits per heavy atom. The summed E-state index contributed by atoms with van der Waals surface area (Å²) in [7, 11) is 0. The van der Waals surface area contributed by atoms with Gasteiger partial charge in [-0.3, -0.25) is 0 Å². The van der Waals surface area contributed by atoms with E-state index in [-0.39, 0.29) is 6.61 Å². The van der Waals surface area contributed by atoms with E-state index in [9.17, 15) is 0 Å². The van der Waals surface area contributed by atoms with Crippen molar-refractivity contribution in [3.63, 3.8) is 0 Å². The Balaban J connectivity index is 2.69. The molecule has 0 aliphatic rings. The topological polar surface area (TPSA) is 47.9 Å². The van der Waals surface area contributed by atoms with E-state index in [1.807, 2.05) is 0 Å². The highest BCUT2D eigenvalue weighted by atomic mass is 79.9. The summed E-state index contributed by atoms with van der Waals surface area (Å²) in [4.78, 5) is 0. The lowest BCUT2D eigenvalue weighted by molar-refractivity contribution is 0.0270. The van der Waals surface area contributed by atoms with Gasteiger partial charge in [-0.1, -0.05) is 0 Å². The summed E-state index contributed by atoms with van der Waals surface area (Å²) in [5.74, 6) is 0. The van der Waals surface area contributed by atoms with Crippen molar-refractivity contribution in [3.05, 3.63) is 0 Å². The Morgan fingerprint density at radius 2 is 1.45 bits per heavy atom. The first-order chi connectivity index (χ1) is 5.41. The quantitative estimate of drug-likeness (QED) is 0.609. The molecular weight excluding hydrogens is 216 g/mol. The Bertz CT molecular complexity index is 63.6. The zero-order valence-corrected chi connectivity index (χ0v) is 7.88. The van der Waals surface area contributed by atoms with Gasteiger partial charge in [-0.2, -0.15) is 0 Å². The first-order valence-corrected chi connectivity index (χ1v) is 4.06.